The Morgan fingerprint density at radius 3 is 2.59 bits per heavy atom. The van der Waals surface area contributed by atoms with Gasteiger partial charge in [0, 0.05) is 38.8 Å². The van der Waals surface area contributed by atoms with Crippen LogP contribution in [0.2, 0.25) is 0 Å². The van der Waals surface area contributed by atoms with Gasteiger partial charge in [0.25, 0.3) is 5.91 Å². The Balaban J connectivity index is 1.25. The van der Waals surface area contributed by atoms with E-state index in [0.29, 0.717) is 34.0 Å². The molecule has 9 nitrogen and oxygen atoms in total. The van der Waals surface area contributed by atoms with Gasteiger partial charge in [0.15, 0.2) is 11.5 Å². The molecule has 0 spiro atoms. The second kappa shape index (κ2) is 9.26. The largest absolute Gasteiger partial charge is 0.335 e. The number of H-pyrrole nitrogens is 2. The van der Waals surface area contributed by atoms with E-state index in [0.717, 1.165) is 32.6 Å². The van der Waals surface area contributed by atoms with E-state index in [1.54, 1.807) is 42.1 Å². The zero-order valence-electron chi connectivity index (χ0n) is 20.6. The Labute approximate surface area is 226 Å². The number of nitrogens with zero attached hydrogens (tertiary/aromatic N) is 5. The van der Waals surface area contributed by atoms with Crippen molar-refractivity contribution in [1.29, 1.82) is 0 Å². The molecule has 0 bridgehead atoms. The molecule has 0 unspecified atom stereocenters. The van der Waals surface area contributed by atoms with Crippen LogP contribution in [-0.2, 0) is 0 Å². The molecule has 6 aromatic heterocycles. The number of hydrogen-bond donors (Lipinski definition) is 3. The molecule has 0 saturated heterocycles. The first-order valence-electron chi connectivity index (χ1n) is 12.2. The van der Waals surface area contributed by atoms with Gasteiger partial charge in [-0.3, -0.25) is 19.9 Å². The summed E-state index contributed by atoms with van der Waals surface area (Å²) in [6.07, 6.45) is 6.94. The monoisotopic (exact) mass is 528 g/mol. The van der Waals surface area contributed by atoms with E-state index in [1.807, 2.05) is 42.6 Å². The van der Waals surface area contributed by atoms with Crippen molar-refractivity contribution in [2.75, 3.05) is 5.32 Å². The van der Waals surface area contributed by atoms with Crippen molar-refractivity contribution in [3.05, 3.63) is 95.9 Å². The molecule has 3 N–H and O–H groups in total. The minimum atomic E-state index is -0.202. The average molecular weight is 529 g/mol. The lowest BCUT2D eigenvalue weighted by atomic mass is 10.1. The third-order valence-electron chi connectivity index (χ3n) is 6.36. The van der Waals surface area contributed by atoms with Crippen LogP contribution in [0.1, 0.15) is 15.2 Å². The highest BCUT2D eigenvalue weighted by atomic mass is 32.1. The maximum atomic E-state index is 12.6. The molecule has 0 aliphatic carbocycles. The lowest BCUT2D eigenvalue weighted by Gasteiger charge is -2.07. The van der Waals surface area contributed by atoms with Gasteiger partial charge >= 0.3 is 0 Å². The predicted octanol–water partition coefficient (Wildman–Crippen LogP) is 6.25. The van der Waals surface area contributed by atoms with E-state index >= 15 is 0 Å². The third kappa shape index (κ3) is 4.22. The smallest absolute Gasteiger partial charge is 0.255 e. The molecule has 0 aliphatic heterocycles. The molecular weight excluding hydrogens is 508 g/mol. The summed E-state index contributed by atoms with van der Waals surface area (Å²) < 4.78 is 0. The first-order chi connectivity index (χ1) is 19.1. The van der Waals surface area contributed by atoms with Crippen LogP contribution >= 0.6 is 11.3 Å². The topological polar surface area (TPSA) is 125 Å². The zero-order valence-corrected chi connectivity index (χ0v) is 21.5. The number of imidazole rings is 1. The van der Waals surface area contributed by atoms with Crippen LogP contribution in [-0.4, -0.2) is 41.0 Å². The minimum absolute atomic E-state index is 0.202. The van der Waals surface area contributed by atoms with Crippen molar-refractivity contribution in [3.63, 3.8) is 0 Å². The second-order valence-electron chi connectivity index (χ2n) is 9.03. The fourth-order valence-electron chi connectivity index (χ4n) is 4.47. The van der Waals surface area contributed by atoms with Crippen LogP contribution in [0, 0.1) is 6.92 Å². The maximum Gasteiger partial charge on any atom is 0.255 e. The average Bonchev–Trinajstić information content (AvgIpc) is 3.71. The molecule has 7 rings (SSSR count). The number of hydrogen-bond acceptors (Lipinski definition) is 7. The highest BCUT2D eigenvalue weighted by Crippen LogP contribution is 2.34. The van der Waals surface area contributed by atoms with Gasteiger partial charge in [-0.05, 0) is 49.4 Å². The number of aromatic amines is 2. The molecule has 0 saturated carbocycles. The highest BCUT2D eigenvalue weighted by Gasteiger charge is 2.18. The first kappa shape index (κ1) is 22.9. The number of aromatic nitrogens is 7. The van der Waals surface area contributed by atoms with Crippen molar-refractivity contribution >= 4 is 45.0 Å². The van der Waals surface area contributed by atoms with Gasteiger partial charge in [-0.25, -0.2) is 9.97 Å². The standard InChI is InChI=1S/C29H20N8OS/c1-16-7-10-24(39-16)20-14-31-15-23-25(20)35-28(34-23)27-26-22(36-37-27)9-8-21(33-26)18-11-19(13-30-12-18)32-29(38)17-5-3-2-4-6-17/h2-15H,1H3,(H,32,38)(H,34,35)(H,36,37). The highest BCUT2D eigenvalue weighted by molar-refractivity contribution is 7.15. The number of carbonyl (C=O) groups is 1. The number of anilines is 1. The Morgan fingerprint density at radius 2 is 1.74 bits per heavy atom. The van der Waals surface area contributed by atoms with Crippen LogP contribution in [0.25, 0.3) is 55.3 Å². The Bertz CT molecular complexity index is 1990. The van der Waals surface area contributed by atoms with Crippen LogP contribution < -0.4 is 5.32 Å². The lowest BCUT2D eigenvalue weighted by Crippen LogP contribution is -2.11. The second-order valence-corrected chi connectivity index (χ2v) is 10.3. The molecular formula is C29H20N8OS. The van der Waals surface area contributed by atoms with Crippen LogP contribution in [0.15, 0.2) is 85.5 Å². The van der Waals surface area contributed by atoms with Crippen molar-refractivity contribution in [1.82, 2.24) is 35.1 Å². The summed E-state index contributed by atoms with van der Waals surface area (Å²) in [4.78, 5) is 36.8. The summed E-state index contributed by atoms with van der Waals surface area (Å²) in [5.74, 6) is 0.400. The number of nitrogens with one attached hydrogen (secondary N) is 3. The summed E-state index contributed by atoms with van der Waals surface area (Å²) in [6.45, 7) is 2.08. The lowest BCUT2D eigenvalue weighted by molar-refractivity contribution is 0.102. The van der Waals surface area contributed by atoms with Gasteiger partial charge in [-0.1, -0.05) is 18.2 Å². The summed E-state index contributed by atoms with van der Waals surface area (Å²) >= 11 is 1.71. The molecule has 6 heterocycles. The van der Waals surface area contributed by atoms with Gasteiger partial charge in [0.1, 0.15) is 11.0 Å². The van der Waals surface area contributed by atoms with Gasteiger partial charge in [0.2, 0.25) is 0 Å². The van der Waals surface area contributed by atoms with Crippen molar-refractivity contribution < 1.29 is 4.79 Å². The molecule has 0 radical (unpaired) electrons. The van der Waals surface area contributed by atoms with Gasteiger partial charge < -0.3 is 10.3 Å². The van der Waals surface area contributed by atoms with E-state index in [-0.39, 0.29) is 5.91 Å². The molecule has 39 heavy (non-hydrogen) atoms. The zero-order chi connectivity index (χ0) is 26.3. The third-order valence-corrected chi connectivity index (χ3v) is 7.39. The predicted molar refractivity (Wildman–Crippen MR) is 152 cm³/mol. The minimum Gasteiger partial charge on any atom is -0.335 e. The van der Waals surface area contributed by atoms with Crippen LogP contribution in [0.3, 0.4) is 0 Å². The number of rotatable bonds is 5. The number of fused-ring (bicyclic) bond motifs is 2. The fourth-order valence-corrected chi connectivity index (χ4v) is 5.35. The van der Waals surface area contributed by atoms with E-state index in [2.05, 4.69) is 49.5 Å². The van der Waals surface area contributed by atoms with Crippen LogP contribution in [0.4, 0.5) is 5.69 Å². The normalized spacial score (nSPS) is 11.3. The summed E-state index contributed by atoms with van der Waals surface area (Å²) in [6, 6.07) is 18.9. The van der Waals surface area contributed by atoms with E-state index in [4.69, 9.17) is 9.97 Å². The van der Waals surface area contributed by atoms with Crippen LogP contribution in [0.5, 0.6) is 0 Å². The van der Waals surface area contributed by atoms with E-state index in [9.17, 15) is 4.79 Å². The molecule has 1 amide bonds. The summed E-state index contributed by atoms with van der Waals surface area (Å²) in [7, 11) is 0. The number of thiophene rings is 1. The Kier molecular flexibility index (Phi) is 5.45. The van der Waals surface area contributed by atoms with Gasteiger partial charge in [-0.2, -0.15) is 5.10 Å². The van der Waals surface area contributed by atoms with Crippen molar-refractivity contribution in [2.45, 2.75) is 6.92 Å². The molecule has 188 valence electrons. The molecule has 7 aromatic rings. The van der Waals surface area contributed by atoms with E-state index < -0.39 is 0 Å². The maximum absolute atomic E-state index is 12.6. The molecule has 0 aliphatic rings. The Hall–Kier alpha value is -5.22. The molecule has 10 heteroatoms. The van der Waals surface area contributed by atoms with Crippen molar-refractivity contribution in [3.8, 4) is 33.2 Å². The Morgan fingerprint density at radius 1 is 0.872 bits per heavy atom. The SMILES string of the molecule is Cc1ccc(-c2cncc3[nH]c(-c4n[nH]c5ccc(-c6cncc(NC(=O)c7ccccc7)c6)nc45)nc23)s1. The van der Waals surface area contributed by atoms with Gasteiger partial charge in [0.05, 0.1) is 34.8 Å². The number of benzene rings is 1. The molecule has 1 aromatic carbocycles. The van der Waals surface area contributed by atoms with Gasteiger partial charge in [-0.15, -0.1) is 11.3 Å². The number of aryl methyl sites for hydroxylation is 1. The van der Waals surface area contributed by atoms with E-state index in [1.165, 1.54) is 4.88 Å². The first-order valence-corrected chi connectivity index (χ1v) is 13.0. The molecule has 0 atom stereocenters. The number of carbonyl (C=O) groups excluding carboxylic acids is 1. The summed E-state index contributed by atoms with van der Waals surface area (Å²) in [5, 5.41) is 10.5. The molecule has 0 fully saturated rings. The van der Waals surface area contributed by atoms with Crippen molar-refractivity contribution in [2.24, 2.45) is 0 Å². The quantitative estimate of drug-likeness (QED) is 0.243. The fraction of sp³-hybridized carbons (Fsp3) is 0.0345. The number of amides is 1. The summed E-state index contributed by atoms with van der Waals surface area (Å²) in [5.41, 5.74) is 7.31. The number of pyridine rings is 3.